The molecule has 3 nitrogen and oxygen atoms in total. The van der Waals surface area contributed by atoms with Crippen LogP contribution in [0.15, 0.2) is 47.1 Å². The molecule has 0 saturated heterocycles. The molecule has 1 aromatic heterocycles. The van der Waals surface area contributed by atoms with Gasteiger partial charge in [0.05, 0.1) is 12.7 Å². The van der Waals surface area contributed by atoms with Crippen LogP contribution in [0, 0.1) is 0 Å². The first-order valence-corrected chi connectivity index (χ1v) is 8.37. The summed E-state index contributed by atoms with van der Waals surface area (Å²) in [7, 11) is 1.94. The lowest BCUT2D eigenvalue weighted by Gasteiger charge is -2.24. The molecule has 0 bridgehead atoms. The van der Waals surface area contributed by atoms with Crippen molar-refractivity contribution in [2.75, 3.05) is 7.05 Å². The highest BCUT2D eigenvalue weighted by molar-refractivity contribution is 6.08. The van der Waals surface area contributed by atoms with Crippen molar-refractivity contribution in [1.82, 2.24) is 4.90 Å². The molecule has 1 aliphatic carbocycles. The maximum Gasteiger partial charge on any atom is 0.227 e. The van der Waals surface area contributed by atoms with Crippen LogP contribution < -0.4 is 0 Å². The Kier molecular flexibility index (Phi) is 3.56. The van der Waals surface area contributed by atoms with Gasteiger partial charge in [-0.25, -0.2) is 0 Å². The van der Waals surface area contributed by atoms with Gasteiger partial charge in [-0.15, -0.1) is 0 Å². The number of rotatable bonds is 3. The van der Waals surface area contributed by atoms with E-state index in [1.807, 2.05) is 30.1 Å². The first kappa shape index (κ1) is 14.3. The number of fused-ring (bicyclic) bond motifs is 3. The standard InChI is InChI=1S/C20H21NO2/c1-21(16-7-3-4-8-16)19(22)12-15-13-23-18-11-10-14-6-2-5-9-17(14)20(15)18/h2,5-6,9-11,13,16H,3-4,7-8,12H2,1H3. The molecule has 3 aromatic rings. The third kappa shape index (κ3) is 2.50. The van der Waals surface area contributed by atoms with Crippen molar-refractivity contribution in [3.8, 4) is 0 Å². The Labute approximate surface area is 135 Å². The highest BCUT2D eigenvalue weighted by Gasteiger charge is 2.24. The minimum absolute atomic E-state index is 0.188. The molecule has 4 rings (SSSR count). The van der Waals surface area contributed by atoms with E-state index in [0.29, 0.717) is 12.5 Å². The van der Waals surface area contributed by atoms with E-state index in [1.54, 1.807) is 6.26 Å². The molecule has 118 valence electrons. The fourth-order valence-electron chi connectivity index (χ4n) is 3.79. The molecule has 0 spiro atoms. The third-order valence-corrected chi connectivity index (χ3v) is 5.15. The molecule has 0 N–H and O–H groups in total. The number of benzene rings is 2. The van der Waals surface area contributed by atoms with Crippen molar-refractivity contribution in [3.05, 3.63) is 48.2 Å². The summed E-state index contributed by atoms with van der Waals surface area (Å²) in [5.41, 5.74) is 1.85. The normalized spacial score (nSPS) is 15.5. The summed E-state index contributed by atoms with van der Waals surface area (Å²) in [5, 5.41) is 3.42. The van der Waals surface area contributed by atoms with Crippen LogP contribution in [0.1, 0.15) is 31.2 Å². The molecule has 0 aliphatic heterocycles. The molecular formula is C20H21NO2. The second-order valence-electron chi connectivity index (χ2n) is 6.54. The number of furan rings is 1. The molecule has 0 atom stereocenters. The number of likely N-dealkylation sites (N-methyl/N-ethyl adjacent to an activating group) is 1. The Hall–Kier alpha value is -2.29. The van der Waals surface area contributed by atoms with E-state index in [0.717, 1.165) is 34.8 Å². The average molecular weight is 307 g/mol. The Morgan fingerprint density at radius 1 is 1.17 bits per heavy atom. The molecule has 0 radical (unpaired) electrons. The van der Waals surface area contributed by atoms with Crippen LogP contribution in [0.2, 0.25) is 0 Å². The van der Waals surface area contributed by atoms with E-state index in [1.165, 1.54) is 18.2 Å². The quantitative estimate of drug-likeness (QED) is 0.712. The van der Waals surface area contributed by atoms with Crippen molar-refractivity contribution in [2.24, 2.45) is 0 Å². The number of nitrogens with zero attached hydrogens (tertiary/aromatic N) is 1. The molecule has 1 amide bonds. The number of carbonyl (C=O) groups is 1. The summed E-state index contributed by atoms with van der Waals surface area (Å²) in [5.74, 6) is 0.188. The van der Waals surface area contributed by atoms with Gasteiger partial charge in [-0.05, 0) is 29.7 Å². The summed E-state index contributed by atoms with van der Waals surface area (Å²) in [6, 6.07) is 12.7. The summed E-state index contributed by atoms with van der Waals surface area (Å²) in [6.45, 7) is 0. The average Bonchev–Trinajstić information content (AvgIpc) is 3.24. The van der Waals surface area contributed by atoms with Crippen molar-refractivity contribution < 1.29 is 9.21 Å². The van der Waals surface area contributed by atoms with E-state index in [9.17, 15) is 4.79 Å². The van der Waals surface area contributed by atoms with Gasteiger partial charge < -0.3 is 9.32 Å². The lowest BCUT2D eigenvalue weighted by atomic mass is 10.0. The van der Waals surface area contributed by atoms with Gasteiger partial charge in [0.25, 0.3) is 0 Å². The molecule has 23 heavy (non-hydrogen) atoms. The van der Waals surface area contributed by atoms with Crippen LogP contribution in [-0.4, -0.2) is 23.9 Å². The maximum atomic E-state index is 12.7. The van der Waals surface area contributed by atoms with Gasteiger partial charge in [-0.3, -0.25) is 4.79 Å². The van der Waals surface area contributed by atoms with Crippen LogP contribution in [0.25, 0.3) is 21.7 Å². The monoisotopic (exact) mass is 307 g/mol. The molecular weight excluding hydrogens is 286 g/mol. The Balaban J connectivity index is 1.69. The maximum absolute atomic E-state index is 12.7. The van der Waals surface area contributed by atoms with E-state index < -0.39 is 0 Å². The van der Waals surface area contributed by atoms with Gasteiger partial charge in [0.1, 0.15) is 5.58 Å². The van der Waals surface area contributed by atoms with Crippen molar-refractivity contribution >= 4 is 27.6 Å². The van der Waals surface area contributed by atoms with Gasteiger partial charge in [0, 0.05) is 24.0 Å². The van der Waals surface area contributed by atoms with Crippen molar-refractivity contribution in [3.63, 3.8) is 0 Å². The van der Waals surface area contributed by atoms with Crippen molar-refractivity contribution in [2.45, 2.75) is 38.1 Å². The zero-order chi connectivity index (χ0) is 15.8. The van der Waals surface area contributed by atoms with Gasteiger partial charge in [0.15, 0.2) is 0 Å². The van der Waals surface area contributed by atoms with Crippen LogP contribution in [0.5, 0.6) is 0 Å². The fourth-order valence-corrected chi connectivity index (χ4v) is 3.79. The van der Waals surface area contributed by atoms with Crippen LogP contribution in [0.3, 0.4) is 0 Å². The second-order valence-corrected chi connectivity index (χ2v) is 6.54. The van der Waals surface area contributed by atoms with Crippen LogP contribution >= 0.6 is 0 Å². The number of hydrogen-bond acceptors (Lipinski definition) is 2. The molecule has 0 unspecified atom stereocenters. The zero-order valence-corrected chi connectivity index (χ0v) is 13.4. The smallest absolute Gasteiger partial charge is 0.227 e. The summed E-state index contributed by atoms with van der Waals surface area (Å²) < 4.78 is 5.69. The first-order valence-electron chi connectivity index (χ1n) is 8.37. The molecule has 1 saturated carbocycles. The SMILES string of the molecule is CN(C(=O)Cc1coc2ccc3ccccc3c12)C1CCCC1. The molecule has 1 heterocycles. The van der Waals surface area contributed by atoms with E-state index in [4.69, 9.17) is 4.42 Å². The largest absolute Gasteiger partial charge is 0.464 e. The fraction of sp³-hybridized carbons (Fsp3) is 0.350. The van der Waals surface area contributed by atoms with Gasteiger partial charge in [-0.1, -0.05) is 43.2 Å². The van der Waals surface area contributed by atoms with E-state index >= 15 is 0 Å². The van der Waals surface area contributed by atoms with Gasteiger partial charge >= 0.3 is 0 Å². The lowest BCUT2D eigenvalue weighted by Crippen LogP contribution is -2.36. The highest BCUT2D eigenvalue weighted by Crippen LogP contribution is 2.31. The first-order chi connectivity index (χ1) is 11.2. The number of hydrogen-bond donors (Lipinski definition) is 0. The zero-order valence-electron chi connectivity index (χ0n) is 13.4. The predicted molar refractivity (Wildman–Crippen MR) is 92.5 cm³/mol. The van der Waals surface area contributed by atoms with Gasteiger partial charge in [0.2, 0.25) is 5.91 Å². The summed E-state index contributed by atoms with van der Waals surface area (Å²) >= 11 is 0. The molecule has 1 aliphatic rings. The summed E-state index contributed by atoms with van der Waals surface area (Å²) in [6.07, 6.45) is 6.91. The molecule has 2 aromatic carbocycles. The minimum atomic E-state index is 0.188. The highest BCUT2D eigenvalue weighted by atomic mass is 16.3. The van der Waals surface area contributed by atoms with Crippen molar-refractivity contribution in [1.29, 1.82) is 0 Å². The topological polar surface area (TPSA) is 33.5 Å². The third-order valence-electron chi connectivity index (χ3n) is 5.15. The van der Waals surface area contributed by atoms with E-state index in [2.05, 4.69) is 18.2 Å². The Bertz CT molecular complexity index is 858. The number of amides is 1. The Morgan fingerprint density at radius 3 is 2.78 bits per heavy atom. The molecule has 1 fully saturated rings. The van der Waals surface area contributed by atoms with Crippen LogP contribution in [-0.2, 0) is 11.2 Å². The van der Waals surface area contributed by atoms with Crippen LogP contribution in [0.4, 0.5) is 0 Å². The second kappa shape index (κ2) is 5.73. The number of carbonyl (C=O) groups excluding carboxylic acids is 1. The lowest BCUT2D eigenvalue weighted by molar-refractivity contribution is -0.131. The van der Waals surface area contributed by atoms with Gasteiger partial charge in [-0.2, -0.15) is 0 Å². The minimum Gasteiger partial charge on any atom is -0.464 e. The summed E-state index contributed by atoms with van der Waals surface area (Å²) in [4.78, 5) is 14.6. The molecule has 3 heteroatoms. The predicted octanol–water partition coefficient (Wildman–Crippen LogP) is 4.53. The Morgan fingerprint density at radius 2 is 1.96 bits per heavy atom. The van der Waals surface area contributed by atoms with E-state index in [-0.39, 0.29) is 5.91 Å².